The monoisotopic (exact) mass is 448 g/mol. The molecule has 7 heteroatoms. The number of ether oxygens (including phenoxy) is 1. The van der Waals surface area contributed by atoms with Crippen LogP contribution in [0.3, 0.4) is 0 Å². The number of methoxy groups -OCH3 is 1. The van der Waals surface area contributed by atoms with Crippen LogP contribution in [0.1, 0.15) is 62.3 Å². The molecule has 31 heavy (non-hydrogen) atoms. The van der Waals surface area contributed by atoms with Crippen molar-refractivity contribution in [2.75, 3.05) is 33.3 Å². The molecule has 1 atom stereocenters. The minimum atomic E-state index is -1.25. The van der Waals surface area contributed by atoms with Crippen molar-refractivity contribution in [3.8, 4) is 5.75 Å². The normalized spacial score (nSPS) is 12.1. The van der Waals surface area contributed by atoms with Crippen molar-refractivity contribution in [3.63, 3.8) is 0 Å². The topological polar surface area (TPSA) is 71.8 Å². The van der Waals surface area contributed by atoms with Gasteiger partial charge in [-0.3, -0.25) is 9.00 Å². The largest absolute Gasteiger partial charge is 0.497 e. The number of hydrogen-bond donors (Lipinski definition) is 1. The maximum absolute atomic E-state index is 12.5. The number of carbonyl (C=O) groups excluding carboxylic acids is 1. The molecule has 2 aromatic rings. The summed E-state index contributed by atoms with van der Waals surface area (Å²) in [5.74, 6) is 1.51. The van der Waals surface area contributed by atoms with Crippen molar-refractivity contribution in [1.29, 1.82) is 0 Å². The quantitative estimate of drug-likeness (QED) is 0.403. The van der Waals surface area contributed by atoms with E-state index in [1.165, 1.54) is 25.7 Å². The third-order valence-electron chi connectivity index (χ3n) is 5.07. The smallest absolute Gasteiger partial charge is 0.286 e. The van der Waals surface area contributed by atoms with Gasteiger partial charge >= 0.3 is 0 Å². The second-order valence-corrected chi connectivity index (χ2v) is 9.04. The standard InChI is InChI=1S/C24H36N2O4S/c1-4-6-16-26(17-7-5-2)18-8-15-25-24(27)23-14-11-21(30-23)19-31(28)22-12-9-20(29-3)10-13-22/h9-14H,4-8,15-19H2,1-3H3,(H,25,27)/t31-/m1/s1. The van der Waals surface area contributed by atoms with Crippen molar-refractivity contribution >= 4 is 16.7 Å². The van der Waals surface area contributed by atoms with Crippen molar-refractivity contribution in [2.45, 2.75) is 56.6 Å². The van der Waals surface area contributed by atoms with Crippen LogP contribution in [0, 0.1) is 0 Å². The molecule has 0 fully saturated rings. The van der Waals surface area contributed by atoms with Gasteiger partial charge in [-0.2, -0.15) is 0 Å². The van der Waals surface area contributed by atoms with Crippen LogP contribution in [0.4, 0.5) is 0 Å². The predicted molar refractivity (Wildman–Crippen MR) is 125 cm³/mol. The summed E-state index contributed by atoms with van der Waals surface area (Å²) in [5, 5.41) is 2.93. The molecule has 1 N–H and O–H groups in total. The lowest BCUT2D eigenvalue weighted by Crippen LogP contribution is -2.31. The van der Waals surface area contributed by atoms with Gasteiger partial charge in [0.1, 0.15) is 11.5 Å². The number of furan rings is 1. The van der Waals surface area contributed by atoms with Gasteiger partial charge in [0.15, 0.2) is 5.76 Å². The van der Waals surface area contributed by atoms with E-state index in [1.54, 1.807) is 43.5 Å². The zero-order valence-corrected chi connectivity index (χ0v) is 19.8. The van der Waals surface area contributed by atoms with Gasteiger partial charge in [-0.25, -0.2) is 0 Å². The van der Waals surface area contributed by atoms with Gasteiger partial charge in [0.2, 0.25) is 0 Å². The molecule has 0 saturated heterocycles. The zero-order chi connectivity index (χ0) is 22.5. The van der Waals surface area contributed by atoms with Crippen LogP contribution in [-0.2, 0) is 16.6 Å². The minimum Gasteiger partial charge on any atom is -0.497 e. The minimum absolute atomic E-state index is 0.226. The van der Waals surface area contributed by atoms with Crippen LogP contribution in [0.5, 0.6) is 5.75 Å². The van der Waals surface area contributed by atoms with Crippen LogP contribution in [-0.4, -0.2) is 48.3 Å². The van der Waals surface area contributed by atoms with Gasteiger partial charge < -0.3 is 19.4 Å². The lowest BCUT2D eigenvalue weighted by atomic mass is 10.2. The second-order valence-electron chi connectivity index (χ2n) is 7.59. The zero-order valence-electron chi connectivity index (χ0n) is 19.0. The highest BCUT2D eigenvalue weighted by atomic mass is 32.2. The lowest BCUT2D eigenvalue weighted by molar-refractivity contribution is 0.0922. The summed E-state index contributed by atoms with van der Waals surface area (Å²) in [7, 11) is 0.344. The molecule has 0 aliphatic carbocycles. The molecule has 0 radical (unpaired) electrons. The van der Waals surface area contributed by atoms with Crippen LogP contribution in [0.2, 0.25) is 0 Å². The van der Waals surface area contributed by atoms with Gasteiger partial charge in [-0.15, -0.1) is 0 Å². The third-order valence-corrected chi connectivity index (χ3v) is 6.42. The first-order valence-electron chi connectivity index (χ1n) is 11.2. The van der Waals surface area contributed by atoms with Crippen molar-refractivity contribution in [3.05, 3.63) is 47.9 Å². The Hall–Kier alpha value is -2.12. The molecule has 1 aromatic heterocycles. The Kier molecular flexibility index (Phi) is 11.4. The Morgan fingerprint density at radius 1 is 1.00 bits per heavy atom. The fourth-order valence-electron chi connectivity index (χ4n) is 3.21. The lowest BCUT2D eigenvalue weighted by Gasteiger charge is -2.21. The van der Waals surface area contributed by atoms with E-state index >= 15 is 0 Å². The molecule has 0 unspecified atom stereocenters. The van der Waals surface area contributed by atoms with E-state index in [0.29, 0.717) is 17.2 Å². The molecule has 0 bridgehead atoms. The molecular formula is C24H36N2O4S. The first-order valence-corrected chi connectivity index (χ1v) is 12.5. The first-order chi connectivity index (χ1) is 15.1. The average molecular weight is 449 g/mol. The number of unbranched alkanes of at least 4 members (excludes halogenated alkanes) is 2. The third kappa shape index (κ3) is 8.87. The van der Waals surface area contributed by atoms with Gasteiger partial charge in [0.25, 0.3) is 5.91 Å². The molecule has 6 nitrogen and oxygen atoms in total. The fourth-order valence-corrected chi connectivity index (χ4v) is 4.23. The number of benzene rings is 1. The Bertz CT molecular complexity index is 796. The molecular weight excluding hydrogens is 412 g/mol. The highest BCUT2D eigenvalue weighted by Gasteiger charge is 2.14. The van der Waals surface area contributed by atoms with Crippen LogP contribution in [0.15, 0.2) is 45.7 Å². The second kappa shape index (κ2) is 14.0. The van der Waals surface area contributed by atoms with Crippen LogP contribution < -0.4 is 10.1 Å². The highest BCUT2D eigenvalue weighted by Crippen LogP contribution is 2.18. The highest BCUT2D eigenvalue weighted by molar-refractivity contribution is 7.84. The average Bonchev–Trinajstić information content (AvgIpc) is 3.26. The van der Waals surface area contributed by atoms with E-state index in [0.717, 1.165) is 31.8 Å². The molecule has 2 rings (SSSR count). The molecule has 0 saturated carbocycles. The fraction of sp³-hybridized carbons (Fsp3) is 0.542. The maximum atomic E-state index is 12.5. The molecule has 1 aromatic carbocycles. The molecule has 172 valence electrons. The molecule has 0 aliphatic rings. The van der Waals surface area contributed by atoms with E-state index in [-0.39, 0.29) is 17.4 Å². The summed E-state index contributed by atoms with van der Waals surface area (Å²) in [5.41, 5.74) is 0. The molecule has 0 spiro atoms. The van der Waals surface area contributed by atoms with Crippen molar-refractivity contribution in [2.24, 2.45) is 0 Å². The summed E-state index contributed by atoms with van der Waals surface area (Å²) in [6.07, 6.45) is 5.73. The number of rotatable bonds is 15. The maximum Gasteiger partial charge on any atom is 0.286 e. The molecule has 1 amide bonds. The van der Waals surface area contributed by atoms with E-state index in [1.807, 2.05) is 0 Å². The van der Waals surface area contributed by atoms with Gasteiger partial charge in [0.05, 0.1) is 23.7 Å². The van der Waals surface area contributed by atoms with E-state index in [9.17, 15) is 9.00 Å². The van der Waals surface area contributed by atoms with Gasteiger partial charge in [-0.05, 0) is 75.3 Å². The van der Waals surface area contributed by atoms with Gasteiger partial charge in [-0.1, -0.05) is 26.7 Å². The number of nitrogens with zero attached hydrogens (tertiary/aromatic N) is 1. The van der Waals surface area contributed by atoms with Crippen LogP contribution >= 0.6 is 0 Å². The molecule has 0 aliphatic heterocycles. The summed E-state index contributed by atoms with van der Waals surface area (Å²) >= 11 is 0. The number of hydrogen-bond acceptors (Lipinski definition) is 5. The van der Waals surface area contributed by atoms with E-state index < -0.39 is 10.8 Å². The molecule has 1 heterocycles. The first kappa shape index (κ1) is 25.1. The van der Waals surface area contributed by atoms with Gasteiger partial charge in [0, 0.05) is 11.4 Å². The summed E-state index contributed by atoms with van der Waals surface area (Å²) < 4.78 is 23.3. The summed E-state index contributed by atoms with van der Waals surface area (Å²) in [6.45, 7) is 8.27. The predicted octanol–water partition coefficient (Wildman–Crippen LogP) is 4.62. The summed E-state index contributed by atoms with van der Waals surface area (Å²) in [6, 6.07) is 10.5. The number of nitrogens with one attached hydrogen (secondary N) is 1. The Morgan fingerprint density at radius 2 is 1.65 bits per heavy atom. The number of amides is 1. The Balaban J connectivity index is 1.77. The van der Waals surface area contributed by atoms with E-state index in [4.69, 9.17) is 9.15 Å². The number of carbonyl (C=O) groups is 1. The van der Waals surface area contributed by atoms with Crippen molar-refractivity contribution < 1.29 is 18.2 Å². The Morgan fingerprint density at radius 3 is 2.26 bits per heavy atom. The SMILES string of the molecule is CCCCN(CCCC)CCCNC(=O)c1ccc(C[S@@](=O)c2ccc(OC)cc2)o1. The van der Waals surface area contributed by atoms with Crippen LogP contribution in [0.25, 0.3) is 0 Å². The van der Waals surface area contributed by atoms with Crippen molar-refractivity contribution in [1.82, 2.24) is 10.2 Å². The van der Waals surface area contributed by atoms with E-state index in [2.05, 4.69) is 24.1 Å². The summed E-state index contributed by atoms with van der Waals surface area (Å²) in [4.78, 5) is 15.5. The Labute approximate surface area is 188 Å².